The van der Waals surface area contributed by atoms with Gasteiger partial charge in [-0.3, -0.25) is 0 Å². The molecule has 0 spiro atoms. The number of rotatable bonds is 3. The molecule has 1 unspecified atom stereocenters. The highest BCUT2D eigenvalue weighted by molar-refractivity contribution is 7.91. The maximum Gasteiger partial charge on any atom is 0.317 e. The zero-order valence-corrected chi connectivity index (χ0v) is 11.7. The smallest absolute Gasteiger partial charge is 0.317 e. The molecule has 0 radical (unpaired) electrons. The van der Waals surface area contributed by atoms with Gasteiger partial charge in [-0.15, -0.1) is 0 Å². The van der Waals surface area contributed by atoms with E-state index >= 15 is 0 Å². The highest BCUT2D eigenvalue weighted by Gasteiger charge is 2.34. The highest BCUT2D eigenvalue weighted by atomic mass is 32.2. The van der Waals surface area contributed by atoms with E-state index in [1.54, 1.807) is 4.90 Å². The van der Waals surface area contributed by atoms with Gasteiger partial charge in [0, 0.05) is 18.6 Å². The first kappa shape index (κ1) is 13.6. The molecule has 0 bridgehead atoms. The van der Waals surface area contributed by atoms with Crippen LogP contribution in [0.4, 0.5) is 4.79 Å². The summed E-state index contributed by atoms with van der Waals surface area (Å²) >= 11 is 0. The largest absolute Gasteiger partial charge is 0.335 e. The molecule has 1 N–H and O–H groups in total. The molecule has 0 aromatic heterocycles. The Morgan fingerprint density at radius 2 is 1.94 bits per heavy atom. The lowest BCUT2D eigenvalue weighted by Gasteiger charge is -2.28. The molecule has 2 fully saturated rings. The number of carbonyl (C=O) groups excluding carboxylic acids is 1. The van der Waals surface area contributed by atoms with E-state index in [0.717, 1.165) is 12.8 Å². The van der Waals surface area contributed by atoms with Crippen LogP contribution in [0.3, 0.4) is 0 Å². The second-order valence-corrected chi connectivity index (χ2v) is 7.50. The van der Waals surface area contributed by atoms with Crippen LogP contribution >= 0.6 is 0 Å². The molecule has 2 aliphatic rings. The third-order valence-corrected chi connectivity index (χ3v) is 5.68. The molecule has 5 nitrogen and oxygen atoms in total. The lowest BCUT2D eigenvalue weighted by Crippen LogP contribution is -2.49. The van der Waals surface area contributed by atoms with E-state index in [4.69, 9.17) is 0 Å². The lowest BCUT2D eigenvalue weighted by atomic mass is 10.2. The average Bonchev–Trinajstić information content (AvgIpc) is 2.89. The minimum absolute atomic E-state index is 0.0912. The van der Waals surface area contributed by atoms with Crippen molar-refractivity contribution in [2.45, 2.75) is 51.1 Å². The van der Waals surface area contributed by atoms with Gasteiger partial charge >= 0.3 is 6.03 Å². The van der Waals surface area contributed by atoms with Crippen LogP contribution in [-0.4, -0.2) is 49.5 Å². The fourth-order valence-corrected chi connectivity index (χ4v) is 4.65. The summed E-state index contributed by atoms with van der Waals surface area (Å²) in [5.74, 6) is 0.337. The van der Waals surface area contributed by atoms with Crippen molar-refractivity contribution < 1.29 is 13.2 Å². The van der Waals surface area contributed by atoms with E-state index in [9.17, 15) is 13.2 Å². The molecule has 1 saturated carbocycles. The summed E-state index contributed by atoms with van der Waals surface area (Å²) in [5, 5.41) is 3.03. The molecule has 1 saturated heterocycles. The molecular weight excluding hydrogens is 252 g/mol. The third-order valence-electron chi connectivity index (χ3n) is 3.93. The number of nitrogens with one attached hydrogen (secondary N) is 1. The Labute approximate surface area is 109 Å². The van der Waals surface area contributed by atoms with Crippen LogP contribution < -0.4 is 5.32 Å². The van der Waals surface area contributed by atoms with E-state index in [2.05, 4.69) is 5.32 Å². The van der Waals surface area contributed by atoms with Gasteiger partial charge in [-0.2, -0.15) is 0 Å². The summed E-state index contributed by atoms with van der Waals surface area (Å²) in [4.78, 5) is 13.8. The summed E-state index contributed by atoms with van der Waals surface area (Å²) in [6, 6.07) is 0.0532. The van der Waals surface area contributed by atoms with Gasteiger partial charge in [-0.1, -0.05) is 12.8 Å². The Kier molecular flexibility index (Phi) is 4.14. The second kappa shape index (κ2) is 5.47. The number of amides is 2. The topological polar surface area (TPSA) is 66.5 Å². The van der Waals surface area contributed by atoms with Crippen LogP contribution in [0.25, 0.3) is 0 Å². The van der Waals surface area contributed by atoms with E-state index in [0.29, 0.717) is 13.0 Å². The van der Waals surface area contributed by atoms with Gasteiger partial charge in [0.05, 0.1) is 11.5 Å². The Balaban J connectivity index is 1.93. The van der Waals surface area contributed by atoms with Crippen LogP contribution in [0.15, 0.2) is 0 Å². The predicted molar refractivity (Wildman–Crippen MR) is 70.2 cm³/mol. The number of urea groups is 1. The predicted octanol–water partition coefficient (Wildman–Crippen LogP) is 1.15. The molecule has 2 rings (SSSR count). The Morgan fingerprint density at radius 1 is 1.28 bits per heavy atom. The van der Waals surface area contributed by atoms with Gasteiger partial charge in [0.2, 0.25) is 0 Å². The van der Waals surface area contributed by atoms with Crippen LogP contribution in [0.5, 0.6) is 0 Å². The summed E-state index contributed by atoms with van der Waals surface area (Å²) in [5.41, 5.74) is 0. The van der Waals surface area contributed by atoms with Gasteiger partial charge in [-0.05, 0) is 26.2 Å². The van der Waals surface area contributed by atoms with Gasteiger partial charge in [-0.25, -0.2) is 13.2 Å². The van der Waals surface area contributed by atoms with Crippen molar-refractivity contribution in [3.63, 3.8) is 0 Å². The van der Waals surface area contributed by atoms with Gasteiger partial charge < -0.3 is 10.2 Å². The first-order valence-corrected chi connectivity index (χ1v) is 8.61. The SMILES string of the molecule is CCN(C(=O)NC1CCCC1)C1CCS(=O)(=O)C1. The molecule has 0 aromatic carbocycles. The molecule has 2 amide bonds. The molecular formula is C12H22N2O3S. The lowest BCUT2D eigenvalue weighted by molar-refractivity contribution is 0.180. The van der Waals surface area contributed by atoms with Crippen molar-refractivity contribution in [2.24, 2.45) is 0 Å². The van der Waals surface area contributed by atoms with Crippen LogP contribution in [0.2, 0.25) is 0 Å². The van der Waals surface area contributed by atoms with Crippen molar-refractivity contribution in [1.82, 2.24) is 10.2 Å². The van der Waals surface area contributed by atoms with Gasteiger partial charge in [0.1, 0.15) is 0 Å². The Hall–Kier alpha value is -0.780. The summed E-state index contributed by atoms with van der Waals surface area (Å²) in [6.07, 6.45) is 5.02. The monoisotopic (exact) mass is 274 g/mol. The Bertz CT molecular complexity index is 402. The summed E-state index contributed by atoms with van der Waals surface area (Å²) in [6.45, 7) is 2.47. The Morgan fingerprint density at radius 3 is 2.44 bits per heavy atom. The van der Waals surface area contributed by atoms with Gasteiger partial charge in [0.15, 0.2) is 9.84 Å². The second-order valence-electron chi connectivity index (χ2n) is 5.27. The summed E-state index contributed by atoms with van der Waals surface area (Å²) < 4.78 is 22.9. The quantitative estimate of drug-likeness (QED) is 0.839. The zero-order valence-electron chi connectivity index (χ0n) is 10.9. The van der Waals surface area contributed by atoms with Crippen molar-refractivity contribution in [1.29, 1.82) is 0 Å². The van der Waals surface area contributed by atoms with E-state index < -0.39 is 9.84 Å². The first-order valence-electron chi connectivity index (χ1n) is 6.79. The molecule has 6 heteroatoms. The number of sulfone groups is 1. The minimum Gasteiger partial charge on any atom is -0.335 e. The minimum atomic E-state index is -2.93. The van der Waals surface area contributed by atoms with Crippen LogP contribution in [-0.2, 0) is 9.84 Å². The molecule has 104 valence electrons. The molecule has 1 heterocycles. The number of hydrogen-bond donors (Lipinski definition) is 1. The van der Waals surface area contributed by atoms with Crippen LogP contribution in [0.1, 0.15) is 39.0 Å². The fourth-order valence-electron chi connectivity index (χ4n) is 2.92. The first-order chi connectivity index (χ1) is 8.52. The standard InChI is InChI=1S/C12H22N2O3S/c1-2-14(11-7-8-18(16,17)9-11)12(15)13-10-5-3-4-6-10/h10-11H,2-9H2,1H3,(H,13,15). The van der Waals surface area contributed by atoms with Crippen molar-refractivity contribution >= 4 is 15.9 Å². The van der Waals surface area contributed by atoms with Crippen molar-refractivity contribution in [2.75, 3.05) is 18.1 Å². The van der Waals surface area contributed by atoms with E-state index in [1.165, 1.54) is 12.8 Å². The molecule has 0 aromatic rings. The summed E-state index contributed by atoms with van der Waals surface area (Å²) in [7, 11) is -2.93. The van der Waals surface area contributed by atoms with E-state index in [-0.39, 0.29) is 29.6 Å². The van der Waals surface area contributed by atoms with Crippen molar-refractivity contribution in [3.8, 4) is 0 Å². The average molecular weight is 274 g/mol. The normalized spacial score (nSPS) is 27.3. The van der Waals surface area contributed by atoms with Gasteiger partial charge in [0.25, 0.3) is 0 Å². The number of hydrogen-bond acceptors (Lipinski definition) is 3. The molecule has 1 aliphatic carbocycles. The third kappa shape index (κ3) is 3.16. The highest BCUT2D eigenvalue weighted by Crippen LogP contribution is 2.20. The molecule has 18 heavy (non-hydrogen) atoms. The fraction of sp³-hybridized carbons (Fsp3) is 0.917. The number of nitrogens with zero attached hydrogens (tertiary/aromatic N) is 1. The maximum absolute atomic E-state index is 12.1. The molecule has 1 atom stereocenters. The van der Waals surface area contributed by atoms with Crippen molar-refractivity contribution in [3.05, 3.63) is 0 Å². The van der Waals surface area contributed by atoms with Crippen LogP contribution in [0, 0.1) is 0 Å². The molecule has 1 aliphatic heterocycles. The maximum atomic E-state index is 12.1. The number of carbonyl (C=O) groups is 1. The zero-order chi connectivity index (χ0) is 13.2. The van der Waals surface area contributed by atoms with E-state index in [1.807, 2.05) is 6.92 Å².